The van der Waals surface area contributed by atoms with Crippen molar-refractivity contribution in [1.29, 1.82) is 0 Å². The van der Waals surface area contributed by atoms with Gasteiger partial charge in [-0.15, -0.1) is 0 Å². The minimum Gasteiger partial charge on any atom is -0.452 e. The predicted octanol–water partition coefficient (Wildman–Crippen LogP) is 3.75. The summed E-state index contributed by atoms with van der Waals surface area (Å²) in [7, 11) is 0. The second kappa shape index (κ2) is 8.11. The standard InChI is InChI=1S/C14H8Cl3N3O5/c15-9-2-1-8(5-10(9)20(23)24)18-13(21)6-25-14(22)7-3-11(16)19-12(17)4-7/h1-5H,6H2,(H,18,21). The van der Waals surface area contributed by atoms with Crippen LogP contribution in [0.4, 0.5) is 11.4 Å². The number of pyridine rings is 1. The van der Waals surface area contributed by atoms with Gasteiger partial charge < -0.3 is 10.1 Å². The molecular weight excluding hydrogens is 397 g/mol. The number of carbonyl (C=O) groups is 2. The highest BCUT2D eigenvalue weighted by Gasteiger charge is 2.15. The highest BCUT2D eigenvalue weighted by molar-refractivity contribution is 6.33. The maximum atomic E-state index is 11.8. The molecule has 0 aliphatic heterocycles. The summed E-state index contributed by atoms with van der Waals surface area (Å²) in [6.45, 7) is -0.618. The first-order chi connectivity index (χ1) is 11.8. The molecule has 8 nitrogen and oxygen atoms in total. The van der Waals surface area contributed by atoms with Crippen molar-refractivity contribution in [3.8, 4) is 0 Å². The predicted molar refractivity (Wildman–Crippen MR) is 91.3 cm³/mol. The second-order valence-electron chi connectivity index (χ2n) is 4.55. The normalized spacial score (nSPS) is 10.2. The number of aromatic nitrogens is 1. The third kappa shape index (κ3) is 5.28. The molecule has 0 fully saturated rings. The molecule has 130 valence electrons. The number of esters is 1. The van der Waals surface area contributed by atoms with Gasteiger partial charge in [-0.05, 0) is 24.3 Å². The Bertz CT molecular complexity index is 839. The van der Waals surface area contributed by atoms with E-state index in [0.717, 1.165) is 6.07 Å². The highest BCUT2D eigenvalue weighted by atomic mass is 35.5. The van der Waals surface area contributed by atoms with Crippen molar-refractivity contribution < 1.29 is 19.2 Å². The summed E-state index contributed by atoms with van der Waals surface area (Å²) < 4.78 is 4.82. The molecule has 11 heteroatoms. The van der Waals surface area contributed by atoms with Gasteiger partial charge in [0.15, 0.2) is 6.61 Å². The molecule has 1 amide bonds. The van der Waals surface area contributed by atoms with Gasteiger partial charge in [0.2, 0.25) is 0 Å². The summed E-state index contributed by atoms with van der Waals surface area (Å²) >= 11 is 17.0. The molecular formula is C14H8Cl3N3O5. The van der Waals surface area contributed by atoms with Gasteiger partial charge in [-0.3, -0.25) is 14.9 Å². The average Bonchev–Trinajstić information content (AvgIpc) is 2.53. The number of nitrogens with one attached hydrogen (secondary N) is 1. The van der Waals surface area contributed by atoms with Crippen LogP contribution in [0, 0.1) is 10.1 Å². The first kappa shape index (κ1) is 18.9. The van der Waals surface area contributed by atoms with Crippen LogP contribution in [0.3, 0.4) is 0 Å². The summed E-state index contributed by atoms with van der Waals surface area (Å²) in [5, 5.41) is 13.1. The van der Waals surface area contributed by atoms with Gasteiger partial charge in [0.1, 0.15) is 15.3 Å². The van der Waals surface area contributed by atoms with Crippen LogP contribution in [0.5, 0.6) is 0 Å². The SMILES string of the molecule is O=C(COC(=O)c1cc(Cl)nc(Cl)c1)Nc1ccc(Cl)c([N+](=O)[O-])c1. The van der Waals surface area contributed by atoms with Crippen molar-refractivity contribution in [2.24, 2.45) is 0 Å². The van der Waals surface area contributed by atoms with E-state index in [9.17, 15) is 19.7 Å². The number of hydrogen-bond donors (Lipinski definition) is 1. The Hall–Kier alpha value is -2.42. The Morgan fingerprint density at radius 1 is 1.16 bits per heavy atom. The number of benzene rings is 1. The molecule has 25 heavy (non-hydrogen) atoms. The van der Waals surface area contributed by atoms with E-state index in [-0.39, 0.29) is 32.3 Å². The number of nitro groups is 1. The fourth-order valence-corrected chi connectivity index (χ4v) is 2.37. The van der Waals surface area contributed by atoms with Crippen molar-refractivity contribution in [3.05, 3.63) is 61.3 Å². The van der Waals surface area contributed by atoms with Crippen molar-refractivity contribution in [2.45, 2.75) is 0 Å². The largest absolute Gasteiger partial charge is 0.452 e. The molecule has 1 heterocycles. The fourth-order valence-electron chi connectivity index (χ4n) is 1.72. The van der Waals surface area contributed by atoms with Crippen LogP contribution in [-0.4, -0.2) is 28.4 Å². The van der Waals surface area contributed by atoms with E-state index < -0.39 is 23.4 Å². The van der Waals surface area contributed by atoms with Gasteiger partial charge in [-0.25, -0.2) is 9.78 Å². The number of carbonyl (C=O) groups excluding carboxylic acids is 2. The van der Waals surface area contributed by atoms with E-state index in [1.807, 2.05) is 0 Å². The minimum atomic E-state index is -0.830. The summed E-state index contributed by atoms with van der Waals surface area (Å²) in [5.41, 5.74) is -0.204. The number of hydrogen-bond acceptors (Lipinski definition) is 6. The lowest BCUT2D eigenvalue weighted by atomic mass is 10.2. The monoisotopic (exact) mass is 403 g/mol. The molecule has 2 rings (SSSR count). The maximum absolute atomic E-state index is 11.8. The van der Waals surface area contributed by atoms with Crippen LogP contribution in [0.2, 0.25) is 15.3 Å². The number of nitro benzene ring substituents is 1. The second-order valence-corrected chi connectivity index (χ2v) is 5.73. The number of halogens is 3. The number of anilines is 1. The van der Waals surface area contributed by atoms with E-state index in [2.05, 4.69) is 10.3 Å². The van der Waals surface area contributed by atoms with Crippen molar-refractivity contribution in [1.82, 2.24) is 4.98 Å². The van der Waals surface area contributed by atoms with Crippen LogP contribution in [0.15, 0.2) is 30.3 Å². The average molecular weight is 405 g/mol. The molecule has 0 radical (unpaired) electrons. The molecule has 0 aliphatic rings. The summed E-state index contributed by atoms with van der Waals surface area (Å²) in [5.74, 6) is -1.53. The molecule has 0 unspecified atom stereocenters. The van der Waals surface area contributed by atoms with Crippen LogP contribution in [0.25, 0.3) is 0 Å². The summed E-state index contributed by atoms with van der Waals surface area (Å²) in [6, 6.07) is 6.19. The van der Waals surface area contributed by atoms with E-state index in [1.54, 1.807) is 0 Å². The van der Waals surface area contributed by atoms with E-state index >= 15 is 0 Å². The molecule has 0 aliphatic carbocycles. The summed E-state index contributed by atoms with van der Waals surface area (Å²) in [4.78, 5) is 37.4. The Balaban J connectivity index is 1.98. The highest BCUT2D eigenvalue weighted by Crippen LogP contribution is 2.27. The Kier molecular flexibility index (Phi) is 6.13. The zero-order valence-corrected chi connectivity index (χ0v) is 14.4. The van der Waals surface area contributed by atoms with Gasteiger partial charge in [-0.1, -0.05) is 34.8 Å². The van der Waals surface area contributed by atoms with E-state index in [4.69, 9.17) is 39.5 Å². The lowest BCUT2D eigenvalue weighted by Crippen LogP contribution is -2.21. The first-order valence-electron chi connectivity index (χ1n) is 6.50. The number of amides is 1. The zero-order chi connectivity index (χ0) is 18.6. The lowest BCUT2D eigenvalue weighted by Gasteiger charge is -2.07. The van der Waals surface area contributed by atoms with Crippen LogP contribution in [-0.2, 0) is 9.53 Å². The van der Waals surface area contributed by atoms with Crippen LogP contribution < -0.4 is 5.32 Å². The van der Waals surface area contributed by atoms with Crippen molar-refractivity contribution in [3.63, 3.8) is 0 Å². The molecule has 2 aromatic rings. The molecule has 0 spiro atoms. The van der Waals surface area contributed by atoms with Crippen LogP contribution in [0.1, 0.15) is 10.4 Å². The van der Waals surface area contributed by atoms with Crippen LogP contribution >= 0.6 is 34.8 Å². The smallest absolute Gasteiger partial charge is 0.338 e. The Labute approximate surface area is 155 Å². The summed E-state index contributed by atoms with van der Waals surface area (Å²) in [6.07, 6.45) is 0. The van der Waals surface area contributed by atoms with Gasteiger partial charge in [0.25, 0.3) is 11.6 Å². The van der Waals surface area contributed by atoms with Gasteiger partial charge in [0.05, 0.1) is 10.5 Å². The Morgan fingerprint density at radius 2 is 1.80 bits per heavy atom. The lowest BCUT2D eigenvalue weighted by molar-refractivity contribution is -0.384. The van der Waals surface area contributed by atoms with Gasteiger partial charge >= 0.3 is 5.97 Å². The maximum Gasteiger partial charge on any atom is 0.338 e. The zero-order valence-electron chi connectivity index (χ0n) is 12.2. The molecule has 0 saturated carbocycles. The van der Waals surface area contributed by atoms with Crippen molar-refractivity contribution >= 4 is 58.1 Å². The first-order valence-corrected chi connectivity index (χ1v) is 7.63. The van der Waals surface area contributed by atoms with Gasteiger partial charge in [-0.2, -0.15) is 0 Å². The van der Waals surface area contributed by atoms with Gasteiger partial charge in [0, 0.05) is 11.8 Å². The molecule has 1 N–H and O–H groups in total. The molecule has 0 saturated heterocycles. The quantitative estimate of drug-likeness (QED) is 0.351. The third-order valence-corrected chi connectivity index (χ3v) is 3.47. The topological polar surface area (TPSA) is 111 Å². The molecule has 0 bridgehead atoms. The molecule has 0 atom stereocenters. The Morgan fingerprint density at radius 3 is 2.40 bits per heavy atom. The fraction of sp³-hybridized carbons (Fsp3) is 0.0714. The third-order valence-electron chi connectivity index (χ3n) is 2.76. The number of nitrogens with zero attached hydrogens (tertiary/aromatic N) is 2. The number of ether oxygens (including phenoxy) is 1. The number of rotatable bonds is 5. The molecule has 1 aromatic carbocycles. The van der Waals surface area contributed by atoms with E-state index in [0.29, 0.717) is 0 Å². The van der Waals surface area contributed by atoms with Crippen molar-refractivity contribution in [2.75, 3.05) is 11.9 Å². The van der Waals surface area contributed by atoms with E-state index in [1.165, 1.54) is 24.3 Å². The molecule has 1 aromatic heterocycles. The minimum absolute atomic E-state index is 0.00243.